The number of aliphatic carboxylic acids is 1. The minimum Gasteiger partial charge on any atom is -0.481 e. The third kappa shape index (κ3) is 10.6. The fraction of sp³-hybridized carbons (Fsp3) is 0.727. The van der Waals surface area contributed by atoms with Crippen LogP contribution < -0.4 is 10.6 Å². The van der Waals surface area contributed by atoms with Crippen molar-refractivity contribution in [2.45, 2.75) is 83.9 Å². The van der Waals surface area contributed by atoms with Crippen LogP contribution in [0.5, 0.6) is 0 Å². The van der Waals surface area contributed by atoms with E-state index in [1.54, 1.807) is 27.7 Å². The molecule has 0 saturated carbocycles. The Balaban J connectivity index is 2.71. The van der Waals surface area contributed by atoms with Gasteiger partial charge < -0.3 is 30.1 Å². The van der Waals surface area contributed by atoms with Crippen LogP contribution >= 0.6 is 0 Å². The standard InChI is InChI=1S/C22H35N3O9/c1-5-33-21(32)14(8-11-19(30)34-22(2,3)4)24-20(31)15-7-6-12-25(15)17(27)13-23-16(26)9-10-18(28)29/h14-15H,5-13H2,1-4H3,(H,23,26)(H,24,31)(H,28,29)/t14-,15-/m0/s1. The average molecular weight is 486 g/mol. The maximum absolute atomic E-state index is 12.9. The monoisotopic (exact) mass is 485 g/mol. The van der Waals surface area contributed by atoms with Crippen LogP contribution in [0.2, 0.25) is 0 Å². The maximum atomic E-state index is 12.9. The van der Waals surface area contributed by atoms with Crippen molar-refractivity contribution < 1.29 is 43.3 Å². The van der Waals surface area contributed by atoms with Crippen LogP contribution in [0, 0.1) is 0 Å². The van der Waals surface area contributed by atoms with Gasteiger partial charge in [-0.25, -0.2) is 4.79 Å². The highest BCUT2D eigenvalue weighted by molar-refractivity contribution is 5.93. The summed E-state index contributed by atoms with van der Waals surface area (Å²) in [5.74, 6) is -3.98. The first-order chi connectivity index (χ1) is 15.8. The lowest BCUT2D eigenvalue weighted by molar-refractivity contribution is -0.156. The van der Waals surface area contributed by atoms with E-state index in [2.05, 4.69) is 10.6 Å². The highest BCUT2D eigenvalue weighted by Gasteiger charge is 2.36. The van der Waals surface area contributed by atoms with Gasteiger partial charge in [-0.15, -0.1) is 0 Å². The van der Waals surface area contributed by atoms with E-state index in [-0.39, 0.29) is 38.8 Å². The normalized spacial score (nSPS) is 16.4. The molecule has 0 aromatic carbocycles. The van der Waals surface area contributed by atoms with Crippen molar-refractivity contribution in [1.29, 1.82) is 0 Å². The minimum atomic E-state index is -1.12. The zero-order valence-corrected chi connectivity index (χ0v) is 20.2. The van der Waals surface area contributed by atoms with E-state index in [0.29, 0.717) is 19.4 Å². The Hall–Kier alpha value is -3.18. The number of hydrogen-bond acceptors (Lipinski definition) is 8. The lowest BCUT2D eigenvalue weighted by atomic mass is 10.1. The van der Waals surface area contributed by atoms with Gasteiger partial charge in [-0.2, -0.15) is 0 Å². The zero-order chi connectivity index (χ0) is 25.9. The van der Waals surface area contributed by atoms with E-state index in [1.165, 1.54) is 4.90 Å². The van der Waals surface area contributed by atoms with Crippen LogP contribution in [0.25, 0.3) is 0 Å². The summed E-state index contributed by atoms with van der Waals surface area (Å²) in [7, 11) is 0. The quantitative estimate of drug-likeness (QED) is 0.325. The van der Waals surface area contributed by atoms with Crippen molar-refractivity contribution in [2.24, 2.45) is 0 Å². The van der Waals surface area contributed by atoms with Gasteiger partial charge >= 0.3 is 17.9 Å². The Bertz CT molecular complexity index is 776. The molecule has 1 aliphatic rings. The molecule has 0 aliphatic carbocycles. The van der Waals surface area contributed by atoms with E-state index in [4.69, 9.17) is 14.6 Å². The molecular weight excluding hydrogens is 450 g/mol. The molecule has 192 valence electrons. The molecule has 0 radical (unpaired) electrons. The van der Waals surface area contributed by atoms with Crippen LogP contribution in [0.15, 0.2) is 0 Å². The number of nitrogens with one attached hydrogen (secondary N) is 2. The number of esters is 2. The molecule has 3 amide bonds. The topological polar surface area (TPSA) is 168 Å². The third-order valence-corrected chi connectivity index (χ3v) is 4.82. The van der Waals surface area contributed by atoms with Gasteiger partial charge in [-0.1, -0.05) is 0 Å². The second-order valence-electron chi connectivity index (χ2n) is 8.85. The summed E-state index contributed by atoms with van der Waals surface area (Å²) in [6.45, 7) is 6.79. The molecule has 34 heavy (non-hydrogen) atoms. The summed E-state index contributed by atoms with van der Waals surface area (Å²) in [4.78, 5) is 73.3. The Labute approximate surface area is 198 Å². The van der Waals surface area contributed by atoms with E-state index in [1.807, 2.05) is 0 Å². The number of carboxylic acid groups (broad SMARTS) is 1. The number of likely N-dealkylation sites (tertiary alicyclic amines) is 1. The van der Waals surface area contributed by atoms with Gasteiger partial charge in [-0.3, -0.25) is 24.0 Å². The molecule has 0 spiro atoms. The van der Waals surface area contributed by atoms with Gasteiger partial charge in [-0.05, 0) is 47.0 Å². The summed E-state index contributed by atoms with van der Waals surface area (Å²) in [5, 5.41) is 13.5. The number of amides is 3. The summed E-state index contributed by atoms with van der Waals surface area (Å²) >= 11 is 0. The fourth-order valence-corrected chi connectivity index (χ4v) is 3.34. The minimum absolute atomic E-state index is 0.0280. The number of carboxylic acids is 1. The Morgan fingerprint density at radius 2 is 1.76 bits per heavy atom. The highest BCUT2D eigenvalue weighted by atomic mass is 16.6. The Kier molecular flexibility index (Phi) is 11.5. The first-order valence-electron chi connectivity index (χ1n) is 11.3. The molecule has 1 aliphatic heterocycles. The second kappa shape index (κ2) is 13.5. The van der Waals surface area contributed by atoms with Crippen LogP contribution in [0.1, 0.15) is 66.2 Å². The Morgan fingerprint density at radius 1 is 1.09 bits per heavy atom. The van der Waals surface area contributed by atoms with Crippen LogP contribution in [-0.2, 0) is 38.2 Å². The van der Waals surface area contributed by atoms with Crippen LogP contribution in [0.3, 0.4) is 0 Å². The number of nitrogens with zero attached hydrogens (tertiary/aromatic N) is 1. The lowest BCUT2D eigenvalue weighted by Crippen LogP contribution is -2.52. The Morgan fingerprint density at radius 3 is 2.35 bits per heavy atom. The van der Waals surface area contributed by atoms with Crippen molar-refractivity contribution >= 4 is 35.6 Å². The summed E-state index contributed by atoms with van der Waals surface area (Å²) in [6, 6.07) is -1.94. The molecule has 1 rings (SSSR count). The van der Waals surface area contributed by atoms with Crippen molar-refractivity contribution in [1.82, 2.24) is 15.5 Å². The molecule has 12 heteroatoms. The number of rotatable bonds is 12. The van der Waals surface area contributed by atoms with Gasteiger partial charge in [0, 0.05) is 19.4 Å². The SMILES string of the molecule is CCOC(=O)[C@H](CCC(=O)OC(C)(C)C)NC(=O)[C@@H]1CCCN1C(=O)CNC(=O)CCC(=O)O. The molecule has 3 N–H and O–H groups in total. The van der Waals surface area contributed by atoms with Crippen LogP contribution in [0.4, 0.5) is 0 Å². The predicted octanol–water partition coefficient (Wildman–Crippen LogP) is 0.128. The van der Waals surface area contributed by atoms with E-state index in [0.717, 1.165) is 0 Å². The van der Waals surface area contributed by atoms with Crippen molar-refractivity contribution in [3.05, 3.63) is 0 Å². The number of carbonyl (C=O) groups excluding carboxylic acids is 5. The highest BCUT2D eigenvalue weighted by Crippen LogP contribution is 2.18. The van der Waals surface area contributed by atoms with E-state index in [9.17, 15) is 28.8 Å². The molecule has 0 aromatic rings. The number of carbonyl (C=O) groups is 6. The van der Waals surface area contributed by atoms with Crippen molar-refractivity contribution in [3.63, 3.8) is 0 Å². The van der Waals surface area contributed by atoms with E-state index < -0.39 is 53.3 Å². The van der Waals surface area contributed by atoms with Gasteiger partial charge in [0.05, 0.1) is 19.6 Å². The summed E-state index contributed by atoms with van der Waals surface area (Å²) < 4.78 is 10.2. The van der Waals surface area contributed by atoms with Gasteiger partial charge in [0.25, 0.3) is 0 Å². The largest absolute Gasteiger partial charge is 0.481 e. The first-order valence-corrected chi connectivity index (χ1v) is 11.3. The molecule has 0 aromatic heterocycles. The zero-order valence-electron chi connectivity index (χ0n) is 20.2. The van der Waals surface area contributed by atoms with Crippen LogP contribution in [-0.4, -0.2) is 83.0 Å². The van der Waals surface area contributed by atoms with Crippen molar-refractivity contribution in [2.75, 3.05) is 19.7 Å². The summed E-state index contributed by atoms with van der Waals surface area (Å²) in [6.07, 6.45) is 0.167. The second-order valence-corrected chi connectivity index (χ2v) is 8.85. The molecule has 0 bridgehead atoms. The molecule has 0 unspecified atom stereocenters. The third-order valence-electron chi connectivity index (χ3n) is 4.82. The van der Waals surface area contributed by atoms with Gasteiger partial charge in [0.15, 0.2) is 0 Å². The maximum Gasteiger partial charge on any atom is 0.328 e. The van der Waals surface area contributed by atoms with Gasteiger partial charge in [0.1, 0.15) is 17.7 Å². The smallest absolute Gasteiger partial charge is 0.328 e. The van der Waals surface area contributed by atoms with Crippen molar-refractivity contribution in [3.8, 4) is 0 Å². The van der Waals surface area contributed by atoms with E-state index >= 15 is 0 Å². The number of hydrogen-bond donors (Lipinski definition) is 3. The fourth-order valence-electron chi connectivity index (χ4n) is 3.34. The first kappa shape index (κ1) is 28.9. The molecular formula is C22H35N3O9. The molecule has 1 fully saturated rings. The predicted molar refractivity (Wildman–Crippen MR) is 118 cm³/mol. The summed E-state index contributed by atoms with van der Waals surface area (Å²) in [5.41, 5.74) is -0.687. The molecule has 12 nitrogen and oxygen atoms in total. The van der Waals surface area contributed by atoms with Gasteiger partial charge in [0.2, 0.25) is 17.7 Å². The molecule has 1 saturated heterocycles. The average Bonchev–Trinajstić information content (AvgIpc) is 3.22. The number of ether oxygens (including phenoxy) is 2. The molecule has 1 heterocycles. The lowest BCUT2D eigenvalue weighted by Gasteiger charge is -2.26. The molecule has 2 atom stereocenters.